The normalized spacial score (nSPS) is 18.0. The van der Waals surface area contributed by atoms with Gasteiger partial charge in [0, 0.05) is 18.7 Å². The van der Waals surface area contributed by atoms with Crippen LogP contribution in [0.4, 0.5) is 11.4 Å². The van der Waals surface area contributed by atoms with E-state index in [1.807, 2.05) is 24.3 Å². The first-order valence-electron chi connectivity index (χ1n) is 8.76. The zero-order chi connectivity index (χ0) is 18.3. The molecule has 2 aliphatic heterocycles. The summed E-state index contributed by atoms with van der Waals surface area (Å²) in [5, 5.41) is 16.0. The Morgan fingerprint density at radius 2 is 1.81 bits per heavy atom. The number of amides is 2. The van der Waals surface area contributed by atoms with Crippen molar-refractivity contribution in [2.24, 2.45) is 0 Å². The molecule has 0 aliphatic carbocycles. The van der Waals surface area contributed by atoms with Crippen molar-refractivity contribution in [3.63, 3.8) is 0 Å². The molecule has 2 aromatic rings. The van der Waals surface area contributed by atoms with Gasteiger partial charge in [-0.05, 0) is 55.7 Å². The van der Waals surface area contributed by atoms with Crippen molar-refractivity contribution in [3.05, 3.63) is 53.6 Å². The quantitative estimate of drug-likeness (QED) is 0.738. The van der Waals surface area contributed by atoms with Gasteiger partial charge in [0.15, 0.2) is 0 Å². The van der Waals surface area contributed by atoms with Gasteiger partial charge in [0.05, 0.1) is 11.4 Å². The van der Waals surface area contributed by atoms with Crippen molar-refractivity contribution in [1.82, 2.24) is 4.90 Å². The van der Waals surface area contributed by atoms with Gasteiger partial charge < -0.3 is 20.6 Å². The summed E-state index contributed by atoms with van der Waals surface area (Å²) in [7, 11) is 0. The fraction of sp³-hybridized carbons (Fsp3) is 0.300. The molecule has 3 N–H and O–H groups in total. The van der Waals surface area contributed by atoms with E-state index in [-0.39, 0.29) is 17.6 Å². The summed E-state index contributed by atoms with van der Waals surface area (Å²) in [4.78, 5) is 27.2. The second kappa shape index (κ2) is 6.05. The van der Waals surface area contributed by atoms with Gasteiger partial charge in [-0.25, -0.2) is 0 Å². The Morgan fingerprint density at radius 1 is 1.12 bits per heavy atom. The van der Waals surface area contributed by atoms with Crippen LogP contribution in [0.1, 0.15) is 28.8 Å². The number of aryl methyl sites for hydroxylation is 1. The minimum atomic E-state index is -0.671. The lowest BCUT2D eigenvalue weighted by molar-refractivity contribution is -0.122. The molecule has 2 aliphatic rings. The molecular weight excluding hydrogens is 330 g/mol. The molecule has 0 unspecified atom stereocenters. The number of phenolic OH excluding ortho intramolecular Hbond substituents is 1. The van der Waals surface area contributed by atoms with E-state index in [1.165, 1.54) is 0 Å². The van der Waals surface area contributed by atoms with Crippen molar-refractivity contribution >= 4 is 23.2 Å². The third kappa shape index (κ3) is 2.67. The van der Waals surface area contributed by atoms with Gasteiger partial charge in [-0.2, -0.15) is 0 Å². The number of para-hydroxylation sites is 2. The molecule has 1 saturated heterocycles. The minimum Gasteiger partial charge on any atom is -0.508 e. The molecule has 6 heteroatoms. The number of phenols is 1. The van der Waals surface area contributed by atoms with Crippen LogP contribution in [0, 0.1) is 6.92 Å². The van der Waals surface area contributed by atoms with Gasteiger partial charge in [-0.3, -0.25) is 9.59 Å². The van der Waals surface area contributed by atoms with E-state index in [1.54, 1.807) is 30.0 Å². The van der Waals surface area contributed by atoms with Gasteiger partial charge >= 0.3 is 0 Å². The van der Waals surface area contributed by atoms with E-state index in [0.717, 1.165) is 11.4 Å². The van der Waals surface area contributed by atoms with Crippen LogP contribution in [0.3, 0.4) is 0 Å². The van der Waals surface area contributed by atoms with E-state index < -0.39 is 5.54 Å². The SMILES string of the molecule is Cc1cc(C(=O)N2CCC3(CC2)Nc2ccccc2NC3=O)ccc1O. The molecule has 1 fully saturated rings. The molecule has 2 heterocycles. The highest BCUT2D eigenvalue weighted by atomic mass is 16.3. The molecule has 26 heavy (non-hydrogen) atoms. The van der Waals surface area contributed by atoms with Crippen LogP contribution in [-0.4, -0.2) is 40.4 Å². The highest BCUT2D eigenvalue weighted by Crippen LogP contribution is 2.36. The number of carbonyl (C=O) groups excluding carboxylic acids is 2. The second-order valence-electron chi connectivity index (χ2n) is 7.00. The number of rotatable bonds is 1. The summed E-state index contributed by atoms with van der Waals surface area (Å²) >= 11 is 0. The Kier molecular flexibility index (Phi) is 3.83. The fourth-order valence-electron chi connectivity index (χ4n) is 3.67. The first-order chi connectivity index (χ1) is 12.5. The maximum atomic E-state index is 12.7. The molecule has 0 bridgehead atoms. The monoisotopic (exact) mass is 351 g/mol. The topological polar surface area (TPSA) is 81.7 Å². The Morgan fingerprint density at radius 3 is 2.50 bits per heavy atom. The summed E-state index contributed by atoms with van der Waals surface area (Å²) in [6.45, 7) is 2.77. The minimum absolute atomic E-state index is 0.0382. The van der Waals surface area contributed by atoms with Gasteiger partial charge in [-0.1, -0.05) is 12.1 Å². The molecule has 134 valence electrons. The number of likely N-dealkylation sites (tertiary alicyclic amines) is 1. The van der Waals surface area contributed by atoms with E-state index in [9.17, 15) is 14.7 Å². The number of carbonyl (C=O) groups is 2. The average Bonchev–Trinajstić information content (AvgIpc) is 2.65. The molecule has 2 aromatic carbocycles. The number of aromatic hydroxyl groups is 1. The van der Waals surface area contributed by atoms with Crippen molar-refractivity contribution in [1.29, 1.82) is 0 Å². The highest BCUT2D eigenvalue weighted by molar-refractivity contribution is 6.06. The number of hydrogen-bond donors (Lipinski definition) is 3. The first kappa shape index (κ1) is 16.4. The maximum absolute atomic E-state index is 12.7. The third-order valence-electron chi connectivity index (χ3n) is 5.33. The summed E-state index contributed by atoms with van der Waals surface area (Å²) in [5.74, 6) is 0.0734. The predicted octanol–water partition coefficient (Wildman–Crippen LogP) is 2.74. The predicted molar refractivity (Wildman–Crippen MR) is 99.4 cm³/mol. The lowest BCUT2D eigenvalue weighted by atomic mass is 9.84. The molecular formula is C20H21N3O3. The van der Waals surface area contributed by atoms with Crippen LogP contribution in [0.5, 0.6) is 5.75 Å². The Bertz CT molecular complexity index is 886. The maximum Gasteiger partial charge on any atom is 0.253 e. The number of fused-ring (bicyclic) bond motifs is 1. The Labute approximate surface area is 151 Å². The lowest BCUT2D eigenvalue weighted by Crippen LogP contribution is -2.59. The molecule has 0 atom stereocenters. The van der Waals surface area contributed by atoms with E-state index in [2.05, 4.69) is 10.6 Å². The van der Waals surface area contributed by atoms with Crippen molar-refractivity contribution in [2.75, 3.05) is 23.7 Å². The van der Waals surface area contributed by atoms with Crippen LogP contribution in [0.15, 0.2) is 42.5 Å². The summed E-state index contributed by atoms with van der Waals surface area (Å²) < 4.78 is 0. The average molecular weight is 351 g/mol. The van der Waals surface area contributed by atoms with Gasteiger partial charge in [0.1, 0.15) is 11.3 Å². The molecule has 0 radical (unpaired) electrons. The zero-order valence-electron chi connectivity index (χ0n) is 14.6. The molecule has 0 aromatic heterocycles. The van der Waals surface area contributed by atoms with Crippen molar-refractivity contribution in [3.8, 4) is 5.75 Å². The van der Waals surface area contributed by atoms with Gasteiger partial charge in [0.25, 0.3) is 5.91 Å². The molecule has 1 spiro atoms. The number of anilines is 2. The van der Waals surface area contributed by atoms with Gasteiger partial charge in [-0.15, -0.1) is 0 Å². The molecule has 0 saturated carbocycles. The number of nitrogens with one attached hydrogen (secondary N) is 2. The van der Waals surface area contributed by atoms with Crippen LogP contribution >= 0.6 is 0 Å². The first-order valence-corrected chi connectivity index (χ1v) is 8.76. The Balaban J connectivity index is 1.49. The van der Waals surface area contributed by atoms with Gasteiger partial charge in [0.2, 0.25) is 5.91 Å². The number of benzene rings is 2. The van der Waals surface area contributed by atoms with E-state index in [0.29, 0.717) is 37.1 Å². The zero-order valence-corrected chi connectivity index (χ0v) is 14.6. The van der Waals surface area contributed by atoms with Crippen LogP contribution in [0.2, 0.25) is 0 Å². The summed E-state index contributed by atoms with van der Waals surface area (Å²) in [6.07, 6.45) is 1.10. The lowest BCUT2D eigenvalue weighted by Gasteiger charge is -2.44. The summed E-state index contributed by atoms with van der Waals surface area (Å²) in [6, 6.07) is 12.5. The second-order valence-corrected chi connectivity index (χ2v) is 7.00. The standard InChI is InChI=1S/C20H21N3O3/c1-13-12-14(6-7-17(13)24)18(25)23-10-8-20(9-11-23)19(26)21-15-4-2-3-5-16(15)22-20/h2-7,12,22,24H,8-11H2,1H3,(H,21,26). The number of hydrogen-bond acceptors (Lipinski definition) is 4. The van der Waals surface area contributed by atoms with Crippen LogP contribution < -0.4 is 10.6 Å². The highest BCUT2D eigenvalue weighted by Gasteiger charge is 2.45. The number of nitrogens with zero attached hydrogens (tertiary/aromatic N) is 1. The number of piperidine rings is 1. The fourth-order valence-corrected chi connectivity index (χ4v) is 3.67. The Hall–Kier alpha value is -3.02. The van der Waals surface area contributed by atoms with Crippen LogP contribution in [0.25, 0.3) is 0 Å². The van der Waals surface area contributed by atoms with E-state index in [4.69, 9.17) is 0 Å². The molecule has 2 amide bonds. The third-order valence-corrected chi connectivity index (χ3v) is 5.33. The summed E-state index contributed by atoms with van der Waals surface area (Å²) in [5.41, 5.74) is 2.27. The molecule has 4 rings (SSSR count). The smallest absolute Gasteiger partial charge is 0.253 e. The molecule has 6 nitrogen and oxygen atoms in total. The van der Waals surface area contributed by atoms with E-state index >= 15 is 0 Å². The van der Waals surface area contributed by atoms with Crippen LogP contribution in [-0.2, 0) is 4.79 Å². The van der Waals surface area contributed by atoms with Crippen molar-refractivity contribution in [2.45, 2.75) is 25.3 Å². The largest absolute Gasteiger partial charge is 0.508 e. The van der Waals surface area contributed by atoms with Crippen molar-refractivity contribution < 1.29 is 14.7 Å².